The molecule has 2 heterocycles. The zero-order chi connectivity index (χ0) is 15.2. The van der Waals surface area contributed by atoms with Crippen LogP contribution in [0, 0.1) is 5.92 Å². The molecule has 1 atom stereocenters. The SMILES string of the molecule is CC(C)CC(CN(C)C)NCc1cn[nH]c1-c1cccs1. The molecule has 5 heteroatoms. The maximum Gasteiger partial charge on any atom is 0.0794 e. The Kier molecular flexibility index (Phi) is 5.96. The maximum atomic E-state index is 4.21. The number of nitrogens with one attached hydrogen (secondary N) is 2. The molecule has 0 bridgehead atoms. The van der Waals surface area contributed by atoms with Crippen LogP contribution in [0.25, 0.3) is 10.6 Å². The number of aromatic amines is 1. The van der Waals surface area contributed by atoms with E-state index in [0.29, 0.717) is 12.0 Å². The molecule has 0 aliphatic heterocycles. The van der Waals surface area contributed by atoms with Gasteiger partial charge in [0.2, 0.25) is 0 Å². The molecule has 116 valence electrons. The summed E-state index contributed by atoms with van der Waals surface area (Å²) in [4.78, 5) is 3.49. The number of likely N-dealkylation sites (N-methyl/N-ethyl adjacent to an activating group) is 1. The average molecular weight is 306 g/mol. The first kappa shape index (κ1) is 16.2. The number of hydrogen-bond donors (Lipinski definition) is 2. The highest BCUT2D eigenvalue weighted by Crippen LogP contribution is 2.25. The molecule has 0 aliphatic rings. The van der Waals surface area contributed by atoms with Crippen LogP contribution in [0.4, 0.5) is 0 Å². The van der Waals surface area contributed by atoms with Crippen molar-refractivity contribution in [3.05, 3.63) is 29.3 Å². The number of rotatable bonds is 8. The van der Waals surface area contributed by atoms with Gasteiger partial charge >= 0.3 is 0 Å². The Labute approximate surface area is 131 Å². The molecule has 1 unspecified atom stereocenters. The van der Waals surface area contributed by atoms with Gasteiger partial charge in [-0.05, 0) is 37.9 Å². The lowest BCUT2D eigenvalue weighted by Crippen LogP contribution is -2.38. The van der Waals surface area contributed by atoms with E-state index in [1.807, 2.05) is 6.20 Å². The summed E-state index contributed by atoms with van der Waals surface area (Å²) >= 11 is 1.74. The van der Waals surface area contributed by atoms with E-state index in [1.165, 1.54) is 16.9 Å². The summed E-state index contributed by atoms with van der Waals surface area (Å²) in [5, 5.41) is 13.1. The van der Waals surface area contributed by atoms with Crippen molar-refractivity contribution < 1.29 is 0 Å². The molecule has 2 aromatic heterocycles. The standard InChI is InChI=1S/C16H26N4S/c1-12(2)8-14(11-20(3)4)17-9-13-10-18-19-16(13)15-6-5-7-21-15/h5-7,10,12,14,17H,8-9,11H2,1-4H3,(H,18,19). The molecule has 2 aromatic rings. The Hall–Kier alpha value is -1.17. The first-order valence-corrected chi connectivity index (χ1v) is 8.38. The summed E-state index contributed by atoms with van der Waals surface area (Å²) in [6, 6.07) is 4.71. The molecule has 0 amide bonds. The van der Waals surface area contributed by atoms with E-state index in [-0.39, 0.29) is 0 Å². The zero-order valence-corrected chi connectivity index (χ0v) is 14.2. The van der Waals surface area contributed by atoms with Crippen molar-refractivity contribution >= 4 is 11.3 Å². The maximum absolute atomic E-state index is 4.21. The lowest BCUT2D eigenvalue weighted by molar-refractivity contribution is 0.305. The van der Waals surface area contributed by atoms with Gasteiger partial charge in [0.1, 0.15) is 0 Å². The van der Waals surface area contributed by atoms with Gasteiger partial charge in [0.05, 0.1) is 16.8 Å². The molecular weight excluding hydrogens is 280 g/mol. The van der Waals surface area contributed by atoms with Crippen LogP contribution >= 0.6 is 11.3 Å². The predicted molar refractivity (Wildman–Crippen MR) is 90.5 cm³/mol. The van der Waals surface area contributed by atoms with Gasteiger partial charge in [-0.3, -0.25) is 5.10 Å². The molecule has 0 saturated heterocycles. The number of thiophene rings is 1. The monoisotopic (exact) mass is 306 g/mol. The van der Waals surface area contributed by atoms with Crippen LogP contribution in [0.3, 0.4) is 0 Å². The van der Waals surface area contributed by atoms with Crippen molar-refractivity contribution in [2.75, 3.05) is 20.6 Å². The fourth-order valence-corrected chi connectivity index (χ4v) is 3.32. The van der Waals surface area contributed by atoms with Gasteiger partial charge in [0.25, 0.3) is 0 Å². The highest BCUT2D eigenvalue weighted by molar-refractivity contribution is 7.13. The topological polar surface area (TPSA) is 44.0 Å². The quantitative estimate of drug-likeness (QED) is 0.787. The number of aromatic nitrogens is 2. The van der Waals surface area contributed by atoms with Crippen LogP contribution < -0.4 is 5.32 Å². The van der Waals surface area contributed by atoms with E-state index < -0.39 is 0 Å². The largest absolute Gasteiger partial charge is 0.308 e. The highest BCUT2D eigenvalue weighted by Gasteiger charge is 2.14. The van der Waals surface area contributed by atoms with Crippen LogP contribution in [0.15, 0.2) is 23.7 Å². The summed E-state index contributed by atoms with van der Waals surface area (Å²) in [5.74, 6) is 0.698. The molecule has 0 spiro atoms. The van der Waals surface area contributed by atoms with Crippen LogP contribution in [-0.2, 0) is 6.54 Å². The molecule has 4 nitrogen and oxygen atoms in total. The summed E-state index contributed by atoms with van der Waals surface area (Å²) in [6.45, 7) is 6.47. The molecule has 0 saturated carbocycles. The van der Waals surface area contributed by atoms with Gasteiger partial charge in [-0.1, -0.05) is 19.9 Å². The van der Waals surface area contributed by atoms with Gasteiger partial charge in [-0.2, -0.15) is 5.10 Å². The van der Waals surface area contributed by atoms with Crippen LogP contribution in [-0.4, -0.2) is 41.8 Å². The average Bonchev–Trinajstić information content (AvgIpc) is 3.05. The predicted octanol–water partition coefficient (Wildman–Crippen LogP) is 3.20. The third kappa shape index (κ3) is 4.95. The van der Waals surface area contributed by atoms with E-state index in [0.717, 1.165) is 18.8 Å². The lowest BCUT2D eigenvalue weighted by Gasteiger charge is -2.24. The fourth-order valence-electron chi connectivity index (χ4n) is 2.57. The van der Waals surface area contributed by atoms with Gasteiger partial charge < -0.3 is 10.2 Å². The van der Waals surface area contributed by atoms with Crippen LogP contribution in [0.1, 0.15) is 25.8 Å². The van der Waals surface area contributed by atoms with E-state index in [9.17, 15) is 0 Å². The normalized spacial score (nSPS) is 13.2. The van der Waals surface area contributed by atoms with Crippen LogP contribution in [0.5, 0.6) is 0 Å². The Morgan fingerprint density at radius 2 is 2.19 bits per heavy atom. The minimum Gasteiger partial charge on any atom is -0.308 e. The molecule has 21 heavy (non-hydrogen) atoms. The van der Waals surface area contributed by atoms with Gasteiger partial charge in [0, 0.05) is 24.7 Å². The minimum absolute atomic E-state index is 0.506. The summed E-state index contributed by atoms with van der Waals surface area (Å²) in [7, 11) is 4.26. The second kappa shape index (κ2) is 7.73. The summed E-state index contributed by atoms with van der Waals surface area (Å²) in [5.41, 5.74) is 2.38. The fraction of sp³-hybridized carbons (Fsp3) is 0.562. The molecule has 0 aliphatic carbocycles. The van der Waals surface area contributed by atoms with Gasteiger partial charge in [-0.25, -0.2) is 0 Å². The first-order valence-electron chi connectivity index (χ1n) is 7.50. The van der Waals surface area contributed by atoms with Gasteiger partial charge in [-0.15, -0.1) is 11.3 Å². The van der Waals surface area contributed by atoms with Crippen molar-refractivity contribution in [1.29, 1.82) is 0 Å². The zero-order valence-electron chi connectivity index (χ0n) is 13.4. The number of H-pyrrole nitrogens is 1. The van der Waals surface area contributed by atoms with E-state index in [2.05, 4.69) is 65.9 Å². The molecular formula is C16H26N4S. The van der Waals surface area contributed by atoms with Crippen molar-refractivity contribution in [1.82, 2.24) is 20.4 Å². The van der Waals surface area contributed by atoms with E-state index in [4.69, 9.17) is 0 Å². The second-order valence-corrected chi connectivity index (χ2v) is 7.16. The minimum atomic E-state index is 0.506. The van der Waals surface area contributed by atoms with Gasteiger partial charge in [0.15, 0.2) is 0 Å². The molecule has 2 N–H and O–H groups in total. The van der Waals surface area contributed by atoms with Crippen LogP contribution in [0.2, 0.25) is 0 Å². The summed E-state index contributed by atoms with van der Waals surface area (Å²) < 4.78 is 0. The van der Waals surface area contributed by atoms with Crippen molar-refractivity contribution in [2.24, 2.45) is 5.92 Å². The Bertz CT molecular complexity index is 506. The van der Waals surface area contributed by atoms with Crippen molar-refractivity contribution in [3.63, 3.8) is 0 Å². The first-order chi connectivity index (χ1) is 10.1. The molecule has 2 rings (SSSR count). The van der Waals surface area contributed by atoms with E-state index >= 15 is 0 Å². The third-order valence-electron chi connectivity index (χ3n) is 3.41. The Balaban J connectivity index is 1.99. The second-order valence-electron chi connectivity index (χ2n) is 6.22. The smallest absolute Gasteiger partial charge is 0.0794 e. The lowest BCUT2D eigenvalue weighted by atomic mass is 10.0. The van der Waals surface area contributed by atoms with Crippen molar-refractivity contribution in [2.45, 2.75) is 32.9 Å². The highest BCUT2D eigenvalue weighted by atomic mass is 32.1. The number of nitrogens with zero attached hydrogens (tertiary/aromatic N) is 2. The van der Waals surface area contributed by atoms with Crippen molar-refractivity contribution in [3.8, 4) is 10.6 Å². The van der Waals surface area contributed by atoms with E-state index in [1.54, 1.807) is 11.3 Å². The molecule has 0 aromatic carbocycles. The molecule has 0 fully saturated rings. The third-order valence-corrected chi connectivity index (χ3v) is 4.30. The number of hydrogen-bond acceptors (Lipinski definition) is 4. The Morgan fingerprint density at radius 3 is 2.81 bits per heavy atom. The molecule has 0 radical (unpaired) electrons. The Morgan fingerprint density at radius 1 is 1.38 bits per heavy atom. The summed E-state index contributed by atoms with van der Waals surface area (Å²) in [6.07, 6.45) is 3.12.